The van der Waals surface area contributed by atoms with Crippen LogP contribution in [0.1, 0.15) is 24.0 Å². The molecule has 2 N–H and O–H groups in total. The maximum absolute atomic E-state index is 12.8. The first-order valence-corrected chi connectivity index (χ1v) is 10.8. The summed E-state index contributed by atoms with van der Waals surface area (Å²) in [5.41, 5.74) is -0.276. The van der Waals surface area contributed by atoms with Crippen LogP contribution in [0.15, 0.2) is 47.5 Å². The number of amides is 1. The van der Waals surface area contributed by atoms with Crippen LogP contribution in [0.3, 0.4) is 0 Å². The Labute approximate surface area is 172 Å². The zero-order valence-electron chi connectivity index (χ0n) is 15.9. The lowest BCUT2D eigenvalue weighted by Crippen LogP contribution is -2.36. The number of carbonyl (C=O) groups excluding carboxylic acids is 1. The van der Waals surface area contributed by atoms with E-state index in [1.54, 1.807) is 12.3 Å². The van der Waals surface area contributed by atoms with Gasteiger partial charge in [0, 0.05) is 25.8 Å². The molecule has 0 unspecified atom stereocenters. The number of hydrogen-bond acceptors (Lipinski definition) is 5. The molecule has 0 aliphatic carbocycles. The normalized spacial score (nSPS) is 14.7. The Morgan fingerprint density at radius 2 is 1.87 bits per heavy atom. The minimum atomic E-state index is -4.67. The predicted octanol–water partition coefficient (Wildman–Crippen LogP) is 2.30. The monoisotopic (exact) mass is 442 g/mol. The van der Waals surface area contributed by atoms with Crippen LogP contribution in [0, 0.1) is 0 Å². The Morgan fingerprint density at radius 3 is 2.57 bits per heavy atom. The average Bonchev–Trinajstić information content (AvgIpc) is 3.25. The summed E-state index contributed by atoms with van der Waals surface area (Å²) in [6.45, 7) is 1.44. The average molecular weight is 442 g/mol. The second-order valence-electron chi connectivity index (χ2n) is 6.84. The highest BCUT2D eigenvalue weighted by atomic mass is 32.2. The largest absolute Gasteiger partial charge is 0.416 e. The zero-order chi connectivity index (χ0) is 21.8. The third-order valence-corrected chi connectivity index (χ3v) is 6.02. The smallest absolute Gasteiger partial charge is 0.357 e. The molecule has 11 heteroatoms. The zero-order valence-corrected chi connectivity index (χ0v) is 16.8. The Balaban J connectivity index is 1.55. The van der Waals surface area contributed by atoms with Gasteiger partial charge in [0.05, 0.1) is 17.0 Å². The third-order valence-electron chi connectivity index (χ3n) is 4.62. The van der Waals surface area contributed by atoms with E-state index in [2.05, 4.69) is 15.2 Å². The van der Waals surface area contributed by atoms with Crippen LogP contribution in [-0.2, 0) is 27.5 Å². The molecule has 1 amide bonds. The predicted molar refractivity (Wildman–Crippen MR) is 104 cm³/mol. The molecule has 1 fully saturated rings. The molecule has 2 aromatic rings. The van der Waals surface area contributed by atoms with Crippen molar-refractivity contribution >= 4 is 21.7 Å². The number of hydrogen-bond donors (Lipinski definition) is 2. The molecule has 1 saturated heterocycles. The van der Waals surface area contributed by atoms with Crippen LogP contribution in [0.4, 0.5) is 19.0 Å². The van der Waals surface area contributed by atoms with Gasteiger partial charge in [-0.2, -0.15) is 13.2 Å². The summed E-state index contributed by atoms with van der Waals surface area (Å²) in [5, 5.41) is 2.58. The molecule has 2 heterocycles. The number of nitrogens with one attached hydrogen (secondary N) is 2. The van der Waals surface area contributed by atoms with E-state index < -0.39 is 39.1 Å². The summed E-state index contributed by atoms with van der Waals surface area (Å²) in [6.07, 6.45) is -0.809. The molecule has 0 radical (unpaired) electrons. The van der Waals surface area contributed by atoms with Gasteiger partial charge in [0.1, 0.15) is 5.82 Å². The van der Waals surface area contributed by atoms with Gasteiger partial charge in [-0.1, -0.05) is 6.07 Å². The lowest BCUT2D eigenvalue weighted by Gasteiger charge is -2.17. The second-order valence-corrected chi connectivity index (χ2v) is 8.61. The van der Waals surface area contributed by atoms with Gasteiger partial charge in [-0.25, -0.2) is 18.1 Å². The molecule has 0 spiro atoms. The Morgan fingerprint density at radius 1 is 1.13 bits per heavy atom. The SMILES string of the molecule is O=C(CNS(=O)(=O)c1cccc(C(F)(F)F)c1)NCc1ccnc(N2CCCC2)c1. The van der Waals surface area contributed by atoms with Crippen molar-refractivity contribution in [1.29, 1.82) is 0 Å². The number of carbonyl (C=O) groups is 1. The van der Waals surface area contributed by atoms with Gasteiger partial charge in [-0.3, -0.25) is 4.79 Å². The molecule has 0 bridgehead atoms. The number of aromatic nitrogens is 1. The first-order valence-electron chi connectivity index (χ1n) is 9.29. The third kappa shape index (κ3) is 5.70. The van der Waals surface area contributed by atoms with E-state index in [0.717, 1.165) is 55.5 Å². The van der Waals surface area contributed by atoms with Crippen molar-refractivity contribution in [2.45, 2.75) is 30.5 Å². The minimum absolute atomic E-state index is 0.174. The van der Waals surface area contributed by atoms with Crippen molar-refractivity contribution in [1.82, 2.24) is 15.0 Å². The van der Waals surface area contributed by atoms with Crippen LogP contribution in [0.2, 0.25) is 0 Å². The quantitative estimate of drug-likeness (QED) is 0.687. The number of anilines is 1. The van der Waals surface area contributed by atoms with Gasteiger partial charge < -0.3 is 10.2 Å². The molecule has 1 aliphatic rings. The Bertz CT molecular complexity index is 1010. The van der Waals surface area contributed by atoms with Crippen LogP contribution in [-0.4, -0.2) is 38.9 Å². The lowest BCUT2D eigenvalue weighted by atomic mass is 10.2. The first-order chi connectivity index (χ1) is 14.1. The van der Waals surface area contributed by atoms with Crippen LogP contribution >= 0.6 is 0 Å². The van der Waals surface area contributed by atoms with Crippen LogP contribution < -0.4 is 14.9 Å². The van der Waals surface area contributed by atoms with Gasteiger partial charge in [-0.05, 0) is 48.7 Å². The molecule has 1 aromatic heterocycles. The summed E-state index contributed by atoms with van der Waals surface area (Å²) in [7, 11) is -4.27. The van der Waals surface area contributed by atoms with Gasteiger partial charge in [-0.15, -0.1) is 0 Å². The summed E-state index contributed by atoms with van der Waals surface area (Å²) in [6, 6.07) is 6.93. The highest BCUT2D eigenvalue weighted by molar-refractivity contribution is 7.89. The van der Waals surface area contributed by atoms with E-state index >= 15 is 0 Å². The van der Waals surface area contributed by atoms with E-state index in [1.165, 1.54) is 0 Å². The molecule has 3 rings (SSSR count). The fourth-order valence-electron chi connectivity index (χ4n) is 3.04. The molecule has 7 nitrogen and oxygen atoms in total. The van der Waals surface area contributed by atoms with Crippen molar-refractivity contribution in [2.75, 3.05) is 24.5 Å². The molecule has 1 aliphatic heterocycles. The molecular formula is C19H21F3N4O3S. The number of alkyl halides is 3. The van der Waals surface area contributed by atoms with Gasteiger partial charge in [0.25, 0.3) is 0 Å². The number of halogens is 3. The van der Waals surface area contributed by atoms with E-state index in [0.29, 0.717) is 6.07 Å². The van der Waals surface area contributed by atoms with Crippen molar-refractivity contribution < 1.29 is 26.4 Å². The standard InChI is InChI=1S/C19H21F3N4O3S/c20-19(21,22)15-4-3-5-16(11-15)30(28,29)25-13-18(27)24-12-14-6-7-23-17(10-14)26-8-1-2-9-26/h3-7,10-11,25H,1-2,8-9,12-13H2,(H,24,27). The Hall–Kier alpha value is -2.66. The van der Waals surface area contributed by atoms with Crippen molar-refractivity contribution in [3.8, 4) is 0 Å². The topological polar surface area (TPSA) is 91.4 Å². The molecule has 30 heavy (non-hydrogen) atoms. The lowest BCUT2D eigenvalue weighted by molar-refractivity contribution is -0.137. The van der Waals surface area contributed by atoms with Crippen molar-refractivity contribution in [3.05, 3.63) is 53.7 Å². The number of rotatable bonds is 7. The Kier molecular flexibility index (Phi) is 6.61. The minimum Gasteiger partial charge on any atom is -0.357 e. The molecule has 162 valence electrons. The summed E-state index contributed by atoms with van der Waals surface area (Å²) in [4.78, 5) is 17.9. The van der Waals surface area contributed by atoms with Gasteiger partial charge in [0.15, 0.2) is 0 Å². The van der Waals surface area contributed by atoms with E-state index in [1.807, 2.05) is 10.8 Å². The first kappa shape index (κ1) is 22.0. The highest BCUT2D eigenvalue weighted by Gasteiger charge is 2.31. The van der Waals surface area contributed by atoms with E-state index in [9.17, 15) is 26.4 Å². The van der Waals surface area contributed by atoms with Gasteiger partial charge >= 0.3 is 6.18 Å². The summed E-state index contributed by atoms with van der Waals surface area (Å²) >= 11 is 0. The molecule has 0 atom stereocenters. The maximum atomic E-state index is 12.8. The van der Waals surface area contributed by atoms with Gasteiger partial charge in [0.2, 0.25) is 15.9 Å². The maximum Gasteiger partial charge on any atom is 0.416 e. The molecular weight excluding hydrogens is 421 g/mol. The van der Waals surface area contributed by atoms with Crippen LogP contribution in [0.25, 0.3) is 0 Å². The van der Waals surface area contributed by atoms with Crippen molar-refractivity contribution in [3.63, 3.8) is 0 Å². The highest BCUT2D eigenvalue weighted by Crippen LogP contribution is 2.30. The molecule has 1 aromatic carbocycles. The van der Waals surface area contributed by atoms with E-state index in [4.69, 9.17) is 0 Å². The number of benzene rings is 1. The fourth-order valence-corrected chi connectivity index (χ4v) is 4.06. The number of nitrogens with zero attached hydrogens (tertiary/aromatic N) is 2. The van der Waals surface area contributed by atoms with Crippen LogP contribution in [0.5, 0.6) is 0 Å². The fraction of sp³-hybridized carbons (Fsp3) is 0.368. The van der Waals surface area contributed by atoms with Crippen molar-refractivity contribution in [2.24, 2.45) is 0 Å². The number of pyridine rings is 1. The second kappa shape index (κ2) is 9.00. The summed E-state index contributed by atoms with van der Waals surface area (Å²) in [5.74, 6) is 0.217. The summed E-state index contributed by atoms with van der Waals surface area (Å²) < 4.78 is 64.8. The number of sulfonamides is 1. The molecule has 0 saturated carbocycles. The van der Waals surface area contributed by atoms with E-state index in [-0.39, 0.29) is 6.54 Å².